The first kappa shape index (κ1) is 16.6. The molecule has 0 radical (unpaired) electrons. The van der Waals surface area contributed by atoms with Crippen LogP contribution in [0.15, 0.2) is 16.0 Å². The number of nitrogens with one attached hydrogen (secondary N) is 2. The van der Waals surface area contributed by atoms with Crippen LogP contribution in [0.5, 0.6) is 0 Å². The third kappa shape index (κ3) is 5.15. The summed E-state index contributed by atoms with van der Waals surface area (Å²) in [7, 11) is 0. The van der Waals surface area contributed by atoms with Crippen LogP contribution in [0.1, 0.15) is 58.1 Å². The van der Waals surface area contributed by atoms with Crippen LogP contribution in [-0.2, 0) is 6.42 Å². The highest BCUT2D eigenvalue weighted by Crippen LogP contribution is 2.32. The highest BCUT2D eigenvalue weighted by molar-refractivity contribution is 7.99. The molecular formula is C16H27N3OS. The van der Waals surface area contributed by atoms with Gasteiger partial charge in [0.2, 0.25) is 0 Å². The van der Waals surface area contributed by atoms with Crippen molar-refractivity contribution in [3.63, 3.8) is 0 Å². The number of hydrogen-bond donors (Lipinski definition) is 2. The van der Waals surface area contributed by atoms with Gasteiger partial charge in [-0.15, -0.1) is 0 Å². The van der Waals surface area contributed by atoms with Crippen LogP contribution >= 0.6 is 11.8 Å². The zero-order chi connectivity index (χ0) is 15.1. The molecule has 2 unspecified atom stereocenters. The number of H-pyrrole nitrogens is 1. The highest BCUT2D eigenvalue weighted by Gasteiger charge is 2.26. The summed E-state index contributed by atoms with van der Waals surface area (Å²) in [5.41, 5.74) is 0.891. The van der Waals surface area contributed by atoms with Gasteiger partial charge in [0.15, 0.2) is 5.16 Å². The van der Waals surface area contributed by atoms with Crippen molar-refractivity contribution in [2.75, 3.05) is 6.54 Å². The third-order valence-corrected chi connectivity index (χ3v) is 5.18. The molecule has 1 aromatic heterocycles. The van der Waals surface area contributed by atoms with E-state index in [1.54, 1.807) is 17.8 Å². The van der Waals surface area contributed by atoms with E-state index in [2.05, 4.69) is 29.1 Å². The van der Waals surface area contributed by atoms with Gasteiger partial charge in [0, 0.05) is 23.1 Å². The van der Waals surface area contributed by atoms with Crippen LogP contribution in [0.3, 0.4) is 0 Å². The number of rotatable bonds is 7. The normalized spacial score (nSPS) is 22.4. The summed E-state index contributed by atoms with van der Waals surface area (Å²) >= 11 is 1.75. The summed E-state index contributed by atoms with van der Waals surface area (Å²) in [6, 6.07) is 2.17. The Bertz CT molecular complexity index is 489. The minimum absolute atomic E-state index is 0.0233. The van der Waals surface area contributed by atoms with Gasteiger partial charge in [0.05, 0.1) is 0 Å². The van der Waals surface area contributed by atoms with Crippen molar-refractivity contribution in [3.8, 4) is 0 Å². The van der Waals surface area contributed by atoms with Crippen molar-refractivity contribution in [1.29, 1.82) is 0 Å². The van der Waals surface area contributed by atoms with Gasteiger partial charge in [0.1, 0.15) is 0 Å². The smallest absolute Gasteiger partial charge is 0.251 e. The van der Waals surface area contributed by atoms with Crippen molar-refractivity contribution in [1.82, 2.24) is 15.3 Å². The monoisotopic (exact) mass is 309 g/mol. The van der Waals surface area contributed by atoms with Crippen LogP contribution in [0, 0.1) is 0 Å². The van der Waals surface area contributed by atoms with E-state index in [1.807, 2.05) is 0 Å². The summed E-state index contributed by atoms with van der Waals surface area (Å²) < 4.78 is 0. The highest BCUT2D eigenvalue weighted by atomic mass is 32.2. The summed E-state index contributed by atoms with van der Waals surface area (Å²) in [4.78, 5) is 19.3. The molecule has 1 saturated carbocycles. The molecule has 1 aliphatic rings. The molecule has 118 valence electrons. The molecule has 1 fully saturated rings. The average molecular weight is 309 g/mol. The second kappa shape index (κ2) is 8.59. The van der Waals surface area contributed by atoms with Crippen LogP contribution in [0.4, 0.5) is 0 Å². The molecular weight excluding hydrogens is 282 g/mol. The number of thioether (sulfide) groups is 1. The fourth-order valence-electron chi connectivity index (χ4n) is 2.87. The summed E-state index contributed by atoms with van der Waals surface area (Å²) in [6.07, 6.45) is 8.07. The van der Waals surface area contributed by atoms with E-state index in [0.717, 1.165) is 36.7 Å². The molecule has 4 nitrogen and oxygen atoms in total. The van der Waals surface area contributed by atoms with Gasteiger partial charge < -0.3 is 10.3 Å². The predicted molar refractivity (Wildman–Crippen MR) is 89.0 cm³/mol. The molecule has 1 aromatic rings. The van der Waals surface area contributed by atoms with E-state index in [-0.39, 0.29) is 5.56 Å². The van der Waals surface area contributed by atoms with Crippen molar-refractivity contribution in [2.45, 2.75) is 75.2 Å². The van der Waals surface area contributed by atoms with Gasteiger partial charge in [-0.1, -0.05) is 44.9 Å². The zero-order valence-corrected chi connectivity index (χ0v) is 14.0. The Morgan fingerprint density at radius 2 is 2.14 bits per heavy atom. The topological polar surface area (TPSA) is 57.8 Å². The zero-order valence-electron chi connectivity index (χ0n) is 13.2. The van der Waals surface area contributed by atoms with Gasteiger partial charge in [-0.05, 0) is 32.2 Å². The lowest BCUT2D eigenvalue weighted by Crippen LogP contribution is -2.41. The van der Waals surface area contributed by atoms with E-state index in [1.165, 1.54) is 25.7 Å². The van der Waals surface area contributed by atoms with Gasteiger partial charge in [0.25, 0.3) is 5.56 Å². The van der Waals surface area contributed by atoms with Gasteiger partial charge >= 0.3 is 0 Å². The predicted octanol–water partition coefficient (Wildman–Crippen LogP) is 3.13. The maximum atomic E-state index is 11.8. The second-order valence-electron chi connectivity index (χ2n) is 5.79. The maximum absolute atomic E-state index is 11.8. The van der Waals surface area contributed by atoms with Crippen molar-refractivity contribution < 1.29 is 0 Å². The Morgan fingerprint density at radius 1 is 1.33 bits per heavy atom. The molecule has 0 amide bonds. The maximum Gasteiger partial charge on any atom is 0.251 e. The lowest BCUT2D eigenvalue weighted by Gasteiger charge is -2.31. The summed E-state index contributed by atoms with van der Waals surface area (Å²) in [5.74, 6) is 0. The molecule has 5 heteroatoms. The number of aromatic nitrogens is 2. The molecule has 0 bridgehead atoms. The number of nitrogens with zero attached hydrogens (tertiary/aromatic N) is 1. The van der Waals surface area contributed by atoms with E-state index in [0.29, 0.717) is 11.3 Å². The van der Waals surface area contributed by atoms with Crippen LogP contribution < -0.4 is 10.9 Å². The summed E-state index contributed by atoms with van der Waals surface area (Å²) in [5, 5.41) is 4.97. The standard InChI is InChI=1S/C16H27N3OS/c1-3-7-12-11-15(20)19-16(18-12)21-14-9-6-5-8-13(14)17-10-4-2/h11,13-14,17H,3-10H2,1-2H3,(H,18,19,20). The minimum atomic E-state index is -0.0233. The molecule has 0 spiro atoms. The molecule has 0 saturated heterocycles. The van der Waals surface area contributed by atoms with Crippen LogP contribution in [0.25, 0.3) is 0 Å². The molecule has 0 aromatic carbocycles. The van der Waals surface area contributed by atoms with E-state index in [4.69, 9.17) is 0 Å². The summed E-state index contributed by atoms with van der Waals surface area (Å²) in [6.45, 7) is 5.38. The third-order valence-electron chi connectivity index (χ3n) is 3.90. The Labute approximate surface area is 131 Å². The Hall–Kier alpha value is -0.810. The van der Waals surface area contributed by atoms with Gasteiger partial charge in [-0.25, -0.2) is 4.98 Å². The molecule has 21 heavy (non-hydrogen) atoms. The molecule has 2 N–H and O–H groups in total. The Balaban J connectivity index is 2.05. The molecule has 2 rings (SSSR count). The Kier molecular flexibility index (Phi) is 6.77. The lowest BCUT2D eigenvalue weighted by molar-refractivity contribution is 0.384. The Morgan fingerprint density at radius 3 is 2.90 bits per heavy atom. The number of hydrogen-bond acceptors (Lipinski definition) is 4. The van der Waals surface area contributed by atoms with E-state index in [9.17, 15) is 4.79 Å². The van der Waals surface area contributed by atoms with Gasteiger partial charge in [-0.2, -0.15) is 0 Å². The van der Waals surface area contributed by atoms with E-state index < -0.39 is 0 Å². The average Bonchev–Trinajstić information content (AvgIpc) is 2.46. The van der Waals surface area contributed by atoms with Crippen molar-refractivity contribution in [2.24, 2.45) is 0 Å². The second-order valence-corrected chi connectivity index (χ2v) is 7.02. The molecule has 2 atom stereocenters. The molecule has 1 aliphatic carbocycles. The first-order valence-corrected chi connectivity index (χ1v) is 9.11. The minimum Gasteiger partial charge on any atom is -0.313 e. The number of aryl methyl sites for hydroxylation is 1. The van der Waals surface area contributed by atoms with Crippen molar-refractivity contribution >= 4 is 11.8 Å². The van der Waals surface area contributed by atoms with Gasteiger partial charge in [-0.3, -0.25) is 4.79 Å². The first-order chi connectivity index (χ1) is 10.2. The molecule has 1 heterocycles. The SMILES string of the molecule is CCCNC1CCCCC1Sc1nc(CCC)cc(=O)[nH]1. The quantitative estimate of drug-likeness (QED) is 0.760. The lowest BCUT2D eigenvalue weighted by atomic mass is 9.95. The van der Waals surface area contributed by atoms with Crippen LogP contribution in [0.2, 0.25) is 0 Å². The van der Waals surface area contributed by atoms with Crippen molar-refractivity contribution in [3.05, 3.63) is 22.1 Å². The van der Waals surface area contributed by atoms with Crippen LogP contribution in [-0.4, -0.2) is 27.8 Å². The van der Waals surface area contributed by atoms with E-state index >= 15 is 0 Å². The first-order valence-electron chi connectivity index (χ1n) is 8.23. The largest absolute Gasteiger partial charge is 0.313 e. The number of aromatic amines is 1. The fraction of sp³-hybridized carbons (Fsp3) is 0.750. The molecule has 0 aliphatic heterocycles. The fourth-order valence-corrected chi connectivity index (χ4v) is 4.17.